The molecule has 0 aliphatic heterocycles. The van der Waals surface area contributed by atoms with Gasteiger partial charge in [-0.15, -0.1) is 0 Å². The molecule has 0 bridgehead atoms. The molecule has 0 saturated heterocycles. The van der Waals surface area contributed by atoms with Crippen molar-refractivity contribution in [1.82, 2.24) is 19.1 Å². The highest BCUT2D eigenvalue weighted by atomic mass is 33.1. The van der Waals surface area contributed by atoms with Crippen LogP contribution in [0.25, 0.3) is 0 Å². The predicted octanol–water partition coefficient (Wildman–Crippen LogP) is 6.98. The molecular weight excluding hydrogens is 384 g/mol. The van der Waals surface area contributed by atoms with E-state index in [2.05, 4.69) is 105 Å². The van der Waals surface area contributed by atoms with E-state index >= 15 is 0 Å². The van der Waals surface area contributed by atoms with Gasteiger partial charge in [0.2, 0.25) is 0 Å². The van der Waals surface area contributed by atoms with E-state index < -0.39 is 0 Å². The smallest absolute Gasteiger partial charge is 0.180 e. The van der Waals surface area contributed by atoms with Crippen LogP contribution in [0.1, 0.15) is 94.5 Å². The maximum absolute atomic E-state index is 4.98. The molecule has 2 aromatic rings. The summed E-state index contributed by atoms with van der Waals surface area (Å²) < 4.78 is 4.58. The molecular formula is C22H38N4S2. The molecule has 28 heavy (non-hydrogen) atoms. The van der Waals surface area contributed by atoms with E-state index in [1.54, 1.807) is 21.6 Å². The summed E-state index contributed by atoms with van der Waals surface area (Å²) in [6, 6.07) is 0. The SMILES string of the molecule is CC(C)(C)c1cn(C(C)(C)C)c(SSc2nc(C(C)(C)C)cn2C(C)(C)C)n1. The molecule has 0 fully saturated rings. The van der Waals surface area contributed by atoms with E-state index in [9.17, 15) is 0 Å². The lowest BCUT2D eigenvalue weighted by atomic mass is 9.93. The van der Waals surface area contributed by atoms with Gasteiger partial charge in [-0.3, -0.25) is 0 Å². The summed E-state index contributed by atoms with van der Waals surface area (Å²) in [5.74, 6) is 0. The highest BCUT2D eigenvalue weighted by Crippen LogP contribution is 2.41. The fourth-order valence-electron chi connectivity index (χ4n) is 2.60. The molecule has 4 nitrogen and oxygen atoms in total. The van der Waals surface area contributed by atoms with Gasteiger partial charge in [0.1, 0.15) is 0 Å². The third-order valence-electron chi connectivity index (χ3n) is 4.52. The molecule has 6 heteroatoms. The van der Waals surface area contributed by atoms with Crippen LogP contribution in [0, 0.1) is 0 Å². The van der Waals surface area contributed by atoms with Gasteiger partial charge >= 0.3 is 0 Å². The highest BCUT2D eigenvalue weighted by molar-refractivity contribution is 8.76. The van der Waals surface area contributed by atoms with Crippen molar-refractivity contribution in [3.05, 3.63) is 23.8 Å². The zero-order chi connectivity index (χ0) is 21.7. The fourth-order valence-corrected chi connectivity index (χ4v) is 4.99. The normalized spacial score (nSPS) is 14.0. The van der Waals surface area contributed by atoms with Crippen molar-refractivity contribution < 1.29 is 0 Å². The summed E-state index contributed by atoms with van der Waals surface area (Å²) in [7, 11) is 3.41. The van der Waals surface area contributed by atoms with Crippen molar-refractivity contribution in [2.75, 3.05) is 0 Å². The van der Waals surface area contributed by atoms with Crippen LogP contribution < -0.4 is 0 Å². The first-order chi connectivity index (χ1) is 12.4. The third kappa shape index (κ3) is 5.38. The van der Waals surface area contributed by atoms with Crippen LogP contribution >= 0.6 is 21.6 Å². The lowest BCUT2D eigenvalue weighted by Gasteiger charge is -2.24. The van der Waals surface area contributed by atoms with Gasteiger partial charge < -0.3 is 9.13 Å². The molecule has 0 aliphatic carbocycles. The standard InChI is InChI=1S/C22H38N4S2/c1-19(2,3)15-13-25(21(7,8)9)17(23-15)27-28-18-24-16(20(4,5)6)14-26(18)22(10,11)12/h13-14H,1-12H3. The number of hydrogen-bond acceptors (Lipinski definition) is 4. The monoisotopic (exact) mass is 422 g/mol. The van der Waals surface area contributed by atoms with Crippen LogP contribution in [0.3, 0.4) is 0 Å². The van der Waals surface area contributed by atoms with Crippen molar-refractivity contribution in [1.29, 1.82) is 0 Å². The molecule has 2 rings (SSSR count). The Balaban J connectivity index is 2.41. The van der Waals surface area contributed by atoms with Crippen molar-refractivity contribution in [2.24, 2.45) is 0 Å². The number of rotatable bonds is 3. The summed E-state index contributed by atoms with van der Waals surface area (Å²) in [6.45, 7) is 26.6. The van der Waals surface area contributed by atoms with E-state index in [0.717, 1.165) is 21.7 Å². The Bertz CT molecular complexity index is 749. The van der Waals surface area contributed by atoms with Crippen LogP contribution in [0.5, 0.6) is 0 Å². The van der Waals surface area contributed by atoms with Crippen molar-refractivity contribution >= 4 is 21.6 Å². The number of hydrogen-bond donors (Lipinski definition) is 0. The van der Waals surface area contributed by atoms with E-state index in [4.69, 9.17) is 9.97 Å². The van der Waals surface area contributed by atoms with E-state index in [1.807, 2.05) is 0 Å². The Morgan fingerprint density at radius 1 is 0.571 bits per heavy atom. The first-order valence-corrected chi connectivity index (χ1v) is 12.1. The Labute approximate surface area is 179 Å². The zero-order valence-corrected chi connectivity index (χ0v) is 21.4. The van der Waals surface area contributed by atoms with Gasteiger partial charge in [-0.2, -0.15) is 0 Å². The topological polar surface area (TPSA) is 35.6 Å². The fraction of sp³-hybridized carbons (Fsp3) is 0.727. The third-order valence-corrected chi connectivity index (χ3v) is 6.62. The van der Waals surface area contributed by atoms with Crippen LogP contribution in [0.2, 0.25) is 0 Å². The molecule has 2 aromatic heterocycles. The Morgan fingerprint density at radius 3 is 1.07 bits per heavy atom. The van der Waals surface area contributed by atoms with Crippen molar-refractivity contribution in [3.8, 4) is 0 Å². The largest absolute Gasteiger partial charge is 0.320 e. The second-order valence-electron chi connectivity index (χ2n) is 11.6. The molecule has 0 aromatic carbocycles. The zero-order valence-electron chi connectivity index (χ0n) is 19.8. The maximum atomic E-state index is 4.98. The molecule has 158 valence electrons. The minimum absolute atomic E-state index is 0.0184. The van der Waals surface area contributed by atoms with Crippen molar-refractivity contribution in [2.45, 2.75) is 115 Å². The Morgan fingerprint density at radius 2 is 0.857 bits per heavy atom. The van der Waals surface area contributed by atoms with Gasteiger partial charge in [-0.25, -0.2) is 9.97 Å². The second-order valence-corrected chi connectivity index (χ2v) is 13.6. The summed E-state index contributed by atoms with van der Waals surface area (Å²) in [5.41, 5.74) is 2.27. The molecule has 0 N–H and O–H groups in total. The van der Waals surface area contributed by atoms with Gasteiger partial charge in [0.15, 0.2) is 10.3 Å². The van der Waals surface area contributed by atoms with Gasteiger partial charge in [-0.05, 0) is 63.1 Å². The van der Waals surface area contributed by atoms with E-state index in [0.29, 0.717) is 0 Å². The molecule has 0 atom stereocenters. The van der Waals surface area contributed by atoms with Crippen molar-refractivity contribution in [3.63, 3.8) is 0 Å². The summed E-state index contributed by atoms with van der Waals surface area (Å²) in [6.07, 6.45) is 4.42. The molecule has 2 heterocycles. The lowest BCUT2D eigenvalue weighted by molar-refractivity contribution is 0.366. The summed E-state index contributed by atoms with van der Waals surface area (Å²) >= 11 is 0. The average Bonchev–Trinajstić information content (AvgIpc) is 3.07. The van der Waals surface area contributed by atoms with Crippen LogP contribution in [0.15, 0.2) is 22.7 Å². The Kier molecular flexibility index (Phi) is 6.20. The van der Waals surface area contributed by atoms with Gasteiger partial charge in [0.05, 0.1) is 11.4 Å². The summed E-state index contributed by atoms with van der Waals surface area (Å²) in [4.78, 5) is 9.96. The molecule has 0 spiro atoms. The van der Waals surface area contributed by atoms with Crippen LogP contribution in [-0.4, -0.2) is 19.1 Å². The summed E-state index contributed by atoms with van der Waals surface area (Å²) in [5, 5.41) is 2.06. The Hall–Kier alpha value is -0.880. The quantitative estimate of drug-likeness (QED) is 0.500. The number of imidazole rings is 2. The van der Waals surface area contributed by atoms with Crippen LogP contribution in [0.4, 0.5) is 0 Å². The van der Waals surface area contributed by atoms with Gasteiger partial charge in [0, 0.05) is 34.3 Å². The molecule has 0 radical (unpaired) electrons. The second kappa shape index (κ2) is 7.42. The first kappa shape index (κ1) is 23.4. The van der Waals surface area contributed by atoms with Gasteiger partial charge in [0.25, 0.3) is 0 Å². The molecule has 0 amide bonds. The minimum Gasteiger partial charge on any atom is -0.320 e. The highest BCUT2D eigenvalue weighted by Gasteiger charge is 2.28. The first-order valence-electron chi connectivity index (χ1n) is 9.96. The van der Waals surface area contributed by atoms with E-state index in [1.165, 1.54) is 0 Å². The van der Waals surface area contributed by atoms with Gasteiger partial charge in [-0.1, -0.05) is 41.5 Å². The lowest BCUT2D eigenvalue weighted by Crippen LogP contribution is -2.22. The number of nitrogens with zero attached hydrogens (tertiary/aromatic N) is 4. The average molecular weight is 423 g/mol. The maximum Gasteiger partial charge on any atom is 0.180 e. The minimum atomic E-state index is -0.0184. The molecule has 0 aliphatic rings. The predicted molar refractivity (Wildman–Crippen MR) is 124 cm³/mol. The van der Waals surface area contributed by atoms with E-state index in [-0.39, 0.29) is 21.9 Å². The number of aromatic nitrogens is 4. The molecule has 0 unspecified atom stereocenters. The van der Waals surface area contributed by atoms with Crippen LogP contribution in [-0.2, 0) is 21.9 Å². The molecule has 0 saturated carbocycles.